The number of hydrogen-bond donors (Lipinski definition) is 1. The predicted octanol–water partition coefficient (Wildman–Crippen LogP) is 2.31. The molecule has 21 heavy (non-hydrogen) atoms. The Bertz CT molecular complexity index is 781. The molecule has 1 atom stereocenters. The second kappa shape index (κ2) is 4.52. The molecule has 1 aromatic carbocycles. The van der Waals surface area contributed by atoms with E-state index in [0.29, 0.717) is 5.19 Å². The lowest BCUT2D eigenvalue weighted by Crippen LogP contribution is -2.10. The van der Waals surface area contributed by atoms with Gasteiger partial charge < -0.3 is 19.5 Å². The summed E-state index contributed by atoms with van der Waals surface area (Å²) in [5.41, 5.74) is 1.66. The zero-order chi connectivity index (χ0) is 14.4. The minimum absolute atomic E-state index is 0.327. The number of nitrogens with zero attached hydrogens (tertiary/aromatic N) is 3. The lowest BCUT2D eigenvalue weighted by atomic mass is 10.3. The summed E-state index contributed by atoms with van der Waals surface area (Å²) in [6.07, 6.45) is 1.50. The molecule has 4 rings (SSSR count). The van der Waals surface area contributed by atoms with E-state index < -0.39 is 0 Å². The molecule has 0 saturated heterocycles. The van der Waals surface area contributed by atoms with E-state index >= 15 is 0 Å². The fourth-order valence-corrected chi connectivity index (χ4v) is 2.90. The maximum absolute atomic E-state index is 5.85. The summed E-state index contributed by atoms with van der Waals surface area (Å²) in [5.74, 6) is 1.56. The van der Waals surface area contributed by atoms with Crippen LogP contribution in [0.15, 0.2) is 24.4 Å². The van der Waals surface area contributed by atoms with Crippen molar-refractivity contribution in [3.8, 4) is 16.7 Å². The summed E-state index contributed by atoms with van der Waals surface area (Å²) < 4.78 is 17.8. The van der Waals surface area contributed by atoms with Crippen molar-refractivity contribution >= 4 is 22.0 Å². The van der Waals surface area contributed by atoms with Gasteiger partial charge in [0.15, 0.2) is 0 Å². The summed E-state index contributed by atoms with van der Waals surface area (Å²) in [6.45, 7) is 0. The van der Waals surface area contributed by atoms with Crippen LogP contribution in [0.2, 0.25) is 0 Å². The molecule has 1 aliphatic rings. The number of hydrogen-bond acceptors (Lipinski definition) is 7. The van der Waals surface area contributed by atoms with Crippen LogP contribution in [0.4, 0.5) is 5.69 Å². The Morgan fingerprint density at radius 3 is 3.00 bits per heavy atom. The maximum Gasteiger partial charge on any atom is 0.294 e. The molecule has 1 unspecified atom stereocenters. The van der Waals surface area contributed by atoms with Crippen molar-refractivity contribution in [1.82, 2.24) is 14.6 Å². The van der Waals surface area contributed by atoms with Gasteiger partial charge in [0.05, 0.1) is 26.1 Å². The monoisotopic (exact) mass is 304 g/mol. The maximum atomic E-state index is 5.85. The molecule has 0 saturated carbocycles. The zero-order valence-electron chi connectivity index (χ0n) is 11.4. The molecule has 0 radical (unpaired) electrons. The van der Waals surface area contributed by atoms with Gasteiger partial charge >= 0.3 is 0 Å². The van der Waals surface area contributed by atoms with Crippen molar-refractivity contribution in [1.29, 1.82) is 0 Å². The first kappa shape index (κ1) is 12.3. The Kier molecular flexibility index (Phi) is 2.64. The van der Waals surface area contributed by atoms with Crippen LogP contribution in [0, 0.1) is 0 Å². The Balaban J connectivity index is 1.63. The summed E-state index contributed by atoms with van der Waals surface area (Å²) in [5, 5.41) is 8.10. The smallest absolute Gasteiger partial charge is 0.294 e. The molecule has 2 aromatic heterocycles. The van der Waals surface area contributed by atoms with E-state index in [0.717, 1.165) is 27.8 Å². The van der Waals surface area contributed by atoms with Gasteiger partial charge in [-0.3, -0.25) is 0 Å². The van der Waals surface area contributed by atoms with E-state index in [1.807, 2.05) is 24.4 Å². The molecule has 0 fully saturated rings. The van der Waals surface area contributed by atoms with E-state index in [2.05, 4.69) is 15.4 Å². The predicted molar refractivity (Wildman–Crippen MR) is 77.4 cm³/mol. The zero-order valence-corrected chi connectivity index (χ0v) is 12.2. The van der Waals surface area contributed by atoms with Gasteiger partial charge in [-0.25, -0.2) is 9.50 Å². The summed E-state index contributed by atoms with van der Waals surface area (Å²) in [7, 11) is 3.22. The number of imidazole rings is 1. The lowest BCUT2D eigenvalue weighted by molar-refractivity contribution is 0.255. The Labute approximate surface area is 124 Å². The third-order valence-corrected chi connectivity index (χ3v) is 4.09. The first-order chi connectivity index (χ1) is 10.3. The van der Waals surface area contributed by atoms with Gasteiger partial charge in [0.2, 0.25) is 11.2 Å². The molecule has 1 N–H and O–H groups in total. The van der Waals surface area contributed by atoms with Gasteiger partial charge in [0.25, 0.3) is 5.19 Å². The van der Waals surface area contributed by atoms with E-state index in [9.17, 15) is 0 Å². The average Bonchev–Trinajstić information content (AvgIpc) is 3.17. The highest BCUT2D eigenvalue weighted by molar-refractivity contribution is 7.18. The molecule has 0 aliphatic carbocycles. The molecule has 0 spiro atoms. The van der Waals surface area contributed by atoms with Crippen molar-refractivity contribution in [2.24, 2.45) is 0 Å². The molecule has 3 heterocycles. The molecule has 7 nitrogen and oxygen atoms in total. The number of anilines is 1. The number of fused-ring (bicyclic) bond motifs is 2. The van der Waals surface area contributed by atoms with Crippen molar-refractivity contribution in [2.45, 2.75) is 6.23 Å². The Morgan fingerprint density at radius 2 is 2.24 bits per heavy atom. The lowest BCUT2D eigenvalue weighted by Gasteiger charge is -2.06. The number of nitrogens with one attached hydrogen (secondary N) is 1. The summed E-state index contributed by atoms with van der Waals surface area (Å²) >= 11 is 1.38. The van der Waals surface area contributed by atoms with Crippen molar-refractivity contribution in [3.05, 3.63) is 30.1 Å². The second-order valence-corrected chi connectivity index (χ2v) is 5.39. The quantitative estimate of drug-likeness (QED) is 0.801. The molecular weight excluding hydrogens is 292 g/mol. The fraction of sp³-hybridized carbons (Fsp3) is 0.231. The van der Waals surface area contributed by atoms with Crippen LogP contribution in [0.3, 0.4) is 0 Å². The number of benzene rings is 1. The molecule has 108 valence electrons. The van der Waals surface area contributed by atoms with Gasteiger partial charge in [-0.2, -0.15) is 0 Å². The van der Waals surface area contributed by atoms with Crippen LogP contribution in [-0.4, -0.2) is 28.8 Å². The minimum Gasteiger partial charge on any atom is -0.497 e. The van der Waals surface area contributed by atoms with Crippen molar-refractivity contribution < 1.29 is 14.2 Å². The van der Waals surface area contributed by atoms with Crippen LogP contribution in [-0.2, 0) is 0 Å². The van der Waals surface area contributed by atoms with Gasteiger partial charge in [-0.05, 0) is 23.5 Å². The average molecular weight is 304 g/mol. The van der Waals surface area contributed by atoms with Crippen LogP contribution >= 0.6 is 11.3 Å². The second-order valence-electron chi connectivity index (χ2n) is 4.47. The van der Waals surface area contributed by atoms with Gasteiger partial charge in [0, 0.05) is 6.07 Å². The highest BCUT2D eigenvalue weighted by Gasteiger charge is 2.26. The first-order valence-corrected chi connectivity index (χ1v) is 7.10. The molecule has 8 heteroatoms. The van der Waals surface area contributed by atoms with Crippen LogP contribution in [0.1, 0.15) is 11.9 Å². The van der Waals surface area contributed by atoms with Crippen molar-refractivity contribution in [2.75, 3.05) is 19.5 Å². The normalized spacial score (nSPS) is 16.4. The largest absolute Gasteiger partial charge is 0.497 e. The summed E-state index contributed by atoms with van der Waals surface area (Å²) in [6, 6.07) is 5.64. The molecule has 0 amide bonds. The molecular formula is C13H12N4O3S. The first-order valence-electron chi connectivity index (χ1n) is 6.28. The van der Waals surface area contributed by atoms with E-state index in [1.165, 1.54) is 11.3 Å². The summed E-state index contributed by atoms with van der Waals surface area (Å²) in [4.78, 5) is 5.27. The SMILES string of the molecule is COc1ccc2c(c1)NC(c1cn3nc(OC)sc3n1)O2. The topological polar surface area (TPSA) is 69.9 Å². The van der Waals surface area contributed by atoms with Gasteiger partial charge in [0.1, 0.15) is 17.2 Å². The molecule has 0 bridgehead atoms. The Morgan fingerprint density at radius 1 is 1.33 bits per heavy atom. The van der Waals surface area contributed by atoms with Crippen molar-refractivity contribution in [3.63, 3.8) is 0 Å². The number of rotatable bonds is 3. The van der Waals surface area contributed by atoms with Gasteiger partial charge in [-0.1, -0.05) is 0 Å². The third-order valence-electron chi connectivity index (χ3n) is 3.20. The van der Waals surface area contributed by atoms with Crippen LogP contribution < -0.4 is 19.5 Å². The Hall–Kier alpha value is -2.48. The van der Waals surface area contributed by atoms with E-state index in [1.54, 1.807) is 18.7 Å². The highest BCUT2D eigenvalue weighted by atomic mass is 32.1. The van der Waals surface area contributed by atoms with Crippen LogP contribution in [0.25, 0.3) is 4.96 Å². The number of aromatic nitrogens is 3. The fourth-order valence-electron chi connectivity index (χ4n) is 2.19. The minimum atomic E-state index is -0.327. The van der Waals surface area contributed by atoms with Crippen LogP contribution in [0.5, 0.6) is 16.7 Å². The van der Waals surface area contributed by atoms with Gasteiger partial charge in [-0.15, -0.1) is 5.10 Å². The number of methoxy groups -OCH3 is 2. The number of ether oxygens (including phenoxy) is 3. The van der Waals surface area contributed by atoms with E-state index in [-0.39, 0.29) is 6.23 Å². The van der Waals surface area contributed by atoms with E-state index in [4.69, 9.17) is 14.2 Å². The third kappa shape index (κ3) is 1.95. The standard InChI is InChI=1S/C13H12N4O3S/c1-18-7-3-4-10-8(5-7)14-11(20-10)9-6-17-12(15-9)21-13(16-17)19-2/h3-6,11,14H,1-2H3. The molecule has 1 aliphatic heterocycles. The highest BCUT2D eigenvalue weighted by Crippen LogP contribution is 2.39. The molecule has 3 aromatic rings.